The van der Waals surface area contributed by atoms with Crippen LogP contribution in [0.4, 0.5) is 0 Å². The lowest BCUT2D eigenvalue weighted by atomic mass is 10.4. The fourth-order valence-corrected chi connectivity index (χ4v) is 4.33. The van der Waals surface area contributed by atoms with Gasteiger partial charge in [-0.05, 0) is 25.3 Å². The highest BCUT2D eigenvalue weighted by Crippen LogP contribution is 2.00. The highest BCUT2D eigenvalue weighted by atomic mass is 28.3. The topological polar surface area (TPSA) is 3.24 Å². The van der Waals surface area contributed by atoms with Crippen LogP contribution in [0.15, 0.2) is 30.3 Å². The summed E-state index contributed by atoms with van der Waals surface area (Å²) in [4.78, 5) is 0. The first-order chi connectivity index (χ1) is 6.25. The molecular weight excluding hydrogens is 174 g/mol. The van der Waals surface area contributed by atoms with Gasteiger partial charge in [0, 0.05) is 0 Å². The second-order valence-electron chi connectivity index (χ2n) is 3.68. The molecule has 0 radical (unpaired) electrons. The lowest BCUT2D eigenvalue weighted by Crippen LogP contribution is -2.43. The van der Waals surface area contributed by atoms with Crippen molar-refractivity contribution in [1.82, 2.24) is 4.57 Å². The van der Waals surface area contributed by atoms with E-state index in [1.807, 2.05) is 0 Å². The van der Waals surface area contributed by atoms with Gasteiger partial charge < -0.3 is 4.57 Å². The van der Waals surface area contributed by atoms with Crippen molar-refractivity contribution in [1.29, 1.82) is 0 Å². The zero-order valence-electron chi connectivity index (χ0n) is 8.83. The minimum absolute atomic E-state index is 0.832. The van der Waals surface area contributed by atoms with Crippen molar-refractivity contribution in [3.8, 4) is 0 Å². The third-order valence-corrected chi connectivity index (χ3v) is 5.90. The van der Waals surface area contributed by atoms with E-state index in [1.165, 1.54) is 12.5 Å². The summed E-state index contributed by atoms with van der Waals surface area (Å²) in [5.41, 5.74) is 0. The van der Waals surface area contributed by atoms with Crippen molar-refractivity contribution >= 4 is 14.1 Å². The Balaban J connectivity index is 2.76. The van der Waals surface area contributed by atoms with Gasteiger partial charge in [-0.15, -0.1) is 0 Å². The quantitative estimate of drug-likeness (QED) is 0.656. The van der Waals surface area contributed by atoms with Crippen LogP contribution in [-0.2, 0) is 0 Å². The Labute approximate surface area is 83.1 Å². The van der Waals surface area contributed by atoms with Gasteiger partial charge in [0.25, 0.3) is 0 Å². The second kappa shape index (κ2) is 5.20. The molecule has 1 nitrogen and oxygen atoms in total. The molecule has 0 N–H and O–H groups in total. The first-order valence-electron chi connectivity index (χ1n) is 4.97. The summed E-state index contributed by atoms with van der Waals surface area (Å²) in [5, 5.41) is 1.56. The molecule has 0 aromatic heterocycles. The maximum atomic E-state index is 2.43. The van der Waals surface area contributed by atoms with Crippen molar-refractivity contribution in [2.24, 2.45) is 0 Å². The molecule has 0 aliphatic heterocycles. The molecule has 1 atom stereocenters. The van der Waals surface area contributed by atoms with Gasteiger partial charge in [0.1, 0.15) is 8.96 Å². The predicted molar refractivity (Wildman–Crippen MR) is 62.0 cm³/mol. The zero-order chi connectivity index (χ0) is 9.68. The minimum atomic E-state index is -0.832. The van der Waals surface area contributed by atoms with Gasteiger partial charge in [0.15, 0.2) is 0 Å². The number of hydrogen-bond donors (Lipinski definition) is 0. The molecule has 1 rings (SSSR count). The molecule has 0 heterocycles. The Hall–Kier alpha value is -0.603. The van der Waals surface area contributed by atoms with Crippen LogP contribution in [0, 0.1) is 0 Å². The summed E-state index contributed by atoms with van der Waals surface area (Å²) < 4.78 is 2.43. The molecule has 0 aliphatic carbocycles. The van der Waals surface area contributed by atoms with E-state index >= 15 is 0 Å². The van der Waals surface area contributed by atoms with Crippen molar-refractivity contribution in [2.45, 2.75) is 19.4 Å². The standard InChI is InChI=1S/C11H19NSi/c1-4-10-13(12(2)3)11-8-6-5-7-9-11/h5-9,13H,4,10H2,1-3H3. The van der Waals surface area contributed by atoms with Gasteiger partial charge in [-0.2, -0.15) is 0 Å². The Morgan fingerprint density at radius 1 is 1.15 bits per heavy atom. The molecule has 0 amide bonds. The molecule has 0 spiro atoms. The number of hydrogen-bond acceptors (Lipinski definition) is 1. The average Bonchev–Trinajstić information content (AvgIpc) is 2.15. The van der Waals surface area contributed by atoms with Crippen LogP contribution in [0.5, 0.6) is 0 Å². The molecule has 72 valence electrons. The van der Waals surface area contributed by atoms with Gasteiger partial charge >= 0.3 is 0 Å². The molecular formula is C11H19NSi. The number of benzene rings is 1. The van der Waals surface area contributed by atoms with Crippen molar-refractivity contribution in [3.63, 3.8) is 0 Å². The fourth-order valence-electron chi connectivity index (χ4n) is 1.67. The summed E-state index contributed by atoms with van der Waals surface area (Å²) in [6.07, 6.45) is 1.30. The van der Waals surface area contributed by atoms with Crippen LogP contribution in [0.3, 0.4) is 0 Å². The van der Waals surface area contributed by atoms with Crippen LogP contribution < -0.4 is 5.19 Å². The molecule has 1 unspecified atom stereocenters. The third kappa shape index (κ3) is 2.97. The van der Waals surface area contributed by atoms with Crippen molar-refractivity contribution < 1.29 is 0 Å². The summed E-state index contributed by atoms with van der Waals surface area (Å²) in [5.74, 6) is 0. The fraction of sp³-hybridized carbons (Fsp3) is 0.455. The lowest BCUT2D eigenvalue weighted by molar-refractivity contribution is 0.642. The van der Waals surface area contributed by atoms with E-state index in [-0.39, 0.29) is 0 Å². The van der Waals surface area contributed by atoms with Crippen molar-refractivity contribution in [2.75, 3.05) is 14.1 Å². The van der Waals surface area contributed by atoms with E-state index in [0.29, 0.717) is 0 Å². The van der Waals surface area contributed by atoms with Gasteiger partial charge in [-0.1, -0.05) is 43.7 Å². The first kappa shape index (κ1) is 10.5. The Bertz CT molecular complexity index is 233. The normalized spacial score (nSPS) is 13.2. The Kier molecular flexibility index (Phi) is 4.19. The maximum Gasteiger partial charge on any atom is 0.143 e. The molecule has 2 heteroatoms. The van der Waals surface area contributed by atoms with Crippen molar-refractivity contribution in [3.05, 3.63) is 30.3 Å². The van der Waals surface area contributed by atoms with E-state index in [4.69, 9.17) is 0 Å². The highest BCUT2D eigenvalue weighted by Gasteiger charge is 2.13. The summed E-state index contributed by atoms with van der Waals surface area (Å²) in [6.45, 7) is 2.27. The predicted octanol–water partition coefficient (Wildman–Crippen LogP) is 1.59. The molecule has 0 bridgehead atoms. The van der Waals surface area contributed by atoms with E-state index in [0.717, 1.165) is 0 Å². The first-order valence-corrected chi connectivity index (χ1v) is 6.88. The number of nitrogens with zero attached hydrogens (tertiary/aromatic N) is 1. The van der Waals surface area contributed by atoms with E-state index < -0.39 is 8.96 Å². The van der Waals surface area contributed by atoms with Gasteiger partial charge in [-0.25, -0.2) is 0 Å². The van der Waals surface area contributed by atoms with Crippen LogP contribution >= 0.6 is 0 Å². The summed E-state index contributed by atoms with van der Waals surface area (Å²) >= 11 is 0. The molecule has 0 saturated heterocycles. The van der Waals surface area contributed by atoms with Crippen LogP contribution in [0.2, 0.25) is 6.04 Å². The SMILES string of the molecule is CCC[SiH](c1ccccc1)N(C)C. The van der Waals surface area contributed by atoms with Crippen LogP contribution in [0.25, 0.3) is 0 Å². The van der Waals surface area contributed by atoms with Gasteiger partial charge in [0.2, 0.25) is 0 Å². The van der Waals surface area contributed by atoms with Gasteiger partial charge in [-0.3, -0.25) is 0 Å². The Morgan fingerprint density at radius 2 is 1.77 bits per heavy atom. The van der Waals surface area contributed by atoms with E-state index in [2.05, 4.69) is 55.9 Å². The van der Waals surface area contributed by atoms with E-state index in [1.54, 1.807) is 5.19 Å². The lowest BCUT2D eigenvalue weighted by Gasteiger charge is -2.22. The second-order valence-corrected chi connectivity index (χ2v) is 6.99. The summed E-state index contributed by atoms with van der Waals surface area (Å²) in [6, 6.07) is 12.3. The molecule has 0 saturated carbocycles. The molecule has 0 fully saturated rings. The smallest absolute Gasteiger partial charge is 0.143 e. The van der Waals surface area contributed by atoms with Crippen LogP contribution in [-0.4, -0.2) is 27.6 Å². The van der Waals surface area contributed by atoms with Crippen LogP contribution in [0.1, 0.15) is 13.3 Å². The highest BCUT2D eigenvalue weighted by molar-refractivity contribution is 6.70. The largest absolute Gasteiger partial charge is 0.328 e. The number of rotatable bonds is 4. The average molecular weight is 193 g/mol. The van der Waals surface area contributed by atoms with E-state index in [9.17, 15) is 0 Å². The summed E-state index contributed by atoms with van der Waals surface area (Å²) in [7, 11) is 3.58. The van der Waals surface area contributed by atoms with Gasteiger partial charge in [0.05, 0.1) is 0 Å². The molecule has 1 aromatic carbocycles. The Morgan fingerprint density at radius 3 is 2.23 bits per heavy atom. The third-order valence-electron chi connectivity index (χ3n) is 2.37. The zero-order valence-corrected chi connectivity index (χ0v) is 9.98. The maximum absolute atomic E-state index is 2.43. The molecule has 0 aliphatic rings. The molecule has 13 heavy (non-hydrogen) atoms. The molecule has 1 aromatic rings. The monoisotopic (exact) mass is 193 g/mol. The minimum Gasteiger partial charge on any atom is -0.328 e.